The molecule has 0 radical (unpaired) electrons. The highest BCUT2D eigenvalue weighted by atomic mass is 35.5. The summed E-state index contributed by atoms with van der Waals surface area (Å²) in [6, 6.07) is 1.91. The molecule has 1 aromatic carbocycles. The molecule has 1 aromatic rings. The lowest BCUT2D eigenvalue weighted by Gasteiger charge is -2.07. The highest BCUT2D eigenvalue weighted by molar-refractivity contribution is 7.86. The van der Waals surface area contributed by atoms with Crippen LogP contribution in [0.25, 0.3) is 0 Å². The summed E-state index contributed by atoms with van der Waals surface area (Å²) in [5, 5.41) is 8.95. The van der Waals surface area contributed by atoms with Gasteiger partial charge in [0.1, 0.15) is 16.4 Å². The van der Waals surface area contributed by atoms with Gasteiger partial charge < -0.3 is 9.84 Å². The number of hydrogen-bond donors (Lipinski definition) is 2. The summed E-state index contributed by atoms with van der Waals surface area (Å²) in [7, 11) is -3.20. The number of aromatic hydroxyl groups is 1. The van der Waals surface area contributed by atoms with Gasteiger partial charge in [0, 0.05) is 6.07 Å². The molecular weight excluding hydrogens is 232 g/mol. The molecule has 14 heavy (non-hydrogen) atoms. The average molecular weight is 239 g/mol. The highest BCUT2D eigenvalue weighted by Gasteiger charge is 2.18. The predicted octanol–water partition coefficient (Wildman–Crippen LogP) is 1.30. The molecule has 0 unspecified atom stereocenters. The van der Waals surface area contributed by atoms with E-state index >= 15 is 0 Å². The van der Waals surface area contributed by atoms with Crippen molar-refractivity contribution in [2.45, 2.75) is 4.90 Å². The number of ether oxygens (including phenoxy) is 1. The maximum Gasteiger partial charge on any atom is 0.298 e. The van der Waals surface area contributed by atoms with E-state index in [9.17, 15) is 8.42 Å². The molecule has 0 heterocycles. The Morgan fingerprint density at radius 2 is 2.00 bits per heavy atom. The van der Waals surface area contributed by atoms with E-state index in [1.807, 2.05) is 0 Å². The molecule has 0 saturated heterocycles. The summed E-state index contributed by atoms with van der Waals surface area (Å²) in [5.41, 5.74) is 0. The topological polar surface area (TPSA) is 83.8 Å². The lowest BCUT2D eigenvalue weighted by molar-refractivity contribution is 0.391. The minimum absolute atomic E-state index is 0.172. The molecule has 0 aromatic heterocycles. The summed E-state index contributed by atoms with van der Waals surface area (Å²) in [6.07, 6.45) is 0. The Bertz CT molecular complexity index is 453. The van der Waals surface area contributed by atoms with Crippen molar-refractivity contribution in [2.75, 3.05) is 7.11 Å². The standard InChI is InChI=1S/C7H7ClO5S/c1-13-6-3-5(9)4(8)2-7(6)14(10,11)12/h2-3,9H,1H3,(H,10,11,12). The van der Waals surface area contributed by atoms with Crippen molar-refractivity contribution in [1.82, 2.24) is 0 Å². The second-order valence-electron chi connectivity index (χ2n) is 2.43. The quantitative estimate of drug-likeness (QED) is 0.759. The largest absolute Gasteiger partial charge is 0.506 e. The van der Waals surface area contributed by atoms with Crippen molar-refractivity contribution in [3.8, 4) is 11.5 Å². The first-order valence-corrected chi connectivity index (χ1v) is 5.22. The summed E-state index contributed by atoms with van der Waals surface area (Å²) in [5.74, 6) is -0.495. The van der Waals surface area contributed by atoms with Crippen LogP contribution in [0.4, 0.5) is 0 Å². The van der Waals surface area contributed by atoms with Crippen molar-refractivity contribution >= 4 is 21.7 Å². The van der Waals surface area contributed by atoms with Crippen LogP contribution in [0.15, 0.2) is 17.0 Å². The number of halogens is 1. The Kier molecular flexibility index (Phi) is 2.89. The fourth-order valence-electron chi connectivity index (χ4n) is 0.886. The monoisotopic (exact) mass is 238 g/mol. The molecule has 0 bridgehead atoms. The van der Waals surface area contributed by atoms with Crippen LogP contribution in [0.1, 0.15) is 0 Å². The number of rotatable bonds is 2. The minimum atomic E-state index is -4.41. The number of phenols is 1. The van der Waals surface area contributed by atoms with E-state index in [-0.39, 0.29) is 16.5 Å². The van der Waals surface area contributed by atoms with E-state index < -0.39 is 15.0 Å². The van der Waals surface area contributed by atoms with Crippen molar-refractivity contribution < 1.29 is 22.8 Å². The maximum atomic E-state index is 10.8. The second kappa shape index (κ2) is 3.64. The average Bonchev–Trinajstić information content (AvgIpc) is 2.07. The molecule has 5 nitrogen and oxygen atoms in total. The zero-order valence-corrected chi connectivity index (χ0v) is 8.63. The number of phenolic OH excluding ortho intramolecular Hbond substituents is 1. The number of hydrogen-bond acceptors (Lipinski definition) is 4. The predicted molar refractivity (Wildman–Crippen MR) is 49.5 cm³/mol. The fraction of sp³-hybridized carbons (Fsp3) is 0.143. The molecule has 0 aliphatic carbocycles. The van der Waals surface area contributed by atoms with Gasteiger partial charge in [-0.15, -0.1) is 0 Å². The fourth-order valence-corrected chi connectivity index (χ4v) is 1.78. The van der Waals surface area contributed by atoms with Gasteiger partial charge in [-0.3, -0.25) is 4.55 Å². The van der Waals surface area contributed by atoms with Crippen molar-refractivity contribution in [2.24, 2.45) is 0 Å². The van der Waals surface area contributed by atoms with Gasteiger partial charge in [0.05, 0.1) is 12.1 Å². The highest BCUT2D eigenvalue weighted by Crippen LogP contribution is 2.33. The maximum absolute atomic E-state index is 10.8. The van der Waals surface area contributed by atoms with Crippen LogP contribution in [0.3, 0.4) is 0 Å². The molecule has 0 atom stereocenters. The molecule has 78 valence electrons. The van der Waals surface area contributed by atoms with Crippen LogP contribution in [-0.2, 0) is 10.1 Å². The molecule has 0 aliphatic rings. The molecule has 0 spiro atoms. The van der Waals surface area contributed by atoms with Crippen LogP contribution in [-0.4, -0.2) is 25.2 Å². The first-order valence-electron chi connectivity index (χ1n) is 3.40. The molecule has 0 fully saturated rings. The van der Waals surface area contributed by atoms with Crippen LogP contribution in [0, 0.1) is 0 Å². The molecule has 0 amide bonds. The Labute approximate surface area is 85.6 Å². The van der Waals surface area contributed by atoms with Crippen LogP contribution >= 0.6 is 11.6 Å². The Balaban J connectivity index is 3.51. The van der Waals surface area contributed by atoms with Gasteiger partial charge in [0.25, 0.3) is 10.1 Å². The summed E-state index contributed by atoms with van der Waals surface area (Å²) < 4.78 is 35.0. The van der Waals surface area contributed by atoms with E-state index in [2.05, 4.69) is 4.74 Å². The van der Waals surface area contributed by atoms with Gasteiger partial charge in [0.15, 0.2) is 0 Å². The molecule has 7 heteroatoms. The first kappa shape index (κ1) is 11.1. The van der Waals surface area contributed by atoms with Crippen LogP contribution in [0.2, 0.25) is 5.02 Å². The van der Waals surface area contributed by atoms with Gasteiger partial charge in [-0.2, -0.15) is 8.42 Å². The van der Waals surface area contributed by atoms with Gasteiger partial charge in [-0.25, -0.2) is 0 Å². The third kappa shape index (κ3) is 2.09. The smallest absolute Gasteiger partial charge is 0.298 e. The Morgan fingerprint density at radius 1 is 1.43 bits per heavy atom. The van der Waals surface area contributed by atoms with E-state index in [1.165, 1.54) is 7.11 Å². The van der Waals surface area contributed by atoms with E-state index in [0.717, 1.165) is 12.1 Å². The summed E-state index contributed by atoms with van der Waals surface area (Å²) in [4.78, 5) is -0.484. The summed E-state index contributed by atoms with van der Waals surface area (Å²) >= 11 is 5.47. The lowest BCUT2D eigenvalue weighted by Crippen LogP contribution is -2.01. The lowest BCUT2D eigenvalue weighted by atomic mass is 10.3. The third-order valence-corrected chi connectivity index (χ3v) is 2.69. The third-order valence-electron chi connectivity index (χ3n) is 1.51. The van der Waals surface area contributed by atoms with Gasteiger partial charge >= 0.3 is 0 Å². The minimum Gasteiger partial charge on any atom is -0.506 e. The first-order chi connectivity index (χ1) is 6.36. The van der Waals surface area contributed by atoms with E-state index in [0.29, 0.717) is 0 Å². The Morgan fingerprint density at radius 3 is 2.43 bits per heavy atom. The normalized spacial score (nSPS) is 11.4. The van der Waals surface area contributed by atoms with Gasteiger partial charge in [-0.05, 0) is 6.07 Å². The van der Waals surface area contributed by atoms with Gasteiger partial charge in [-0.1, -0.05) is 11.6 Å². The molecule has 1 rings (SSSR count). The Hall–Kier alpha value is -0.980. The molecular formula is C7H7ClO5S. The van der Waals surface area contributed by atoms with Crippen LogP contribution < -0.4 is 4.74 Å². The van der Waals surface area contributed by atoms with Crippen molar-refractivity contribution in [3.05, 3.63) is 17.2 Å². The van der Waals surface area contributed by atoms with Crippen molar-refractivity contribution in [3.63, 3.8) is 0 Å². The van der Waals surface area contributed by atoms with Crippen LogP contribution in [0.5, 0.6) is 11.5 Å². The van der Waals surface area contributed by atoms with Crippen molar-refractivity contribution in [1.29, 1.82) is 0 Å². The zero-order chi connectivity index (χ0) is 10.9. The number of methoxy groups -OCH3 is 1. The summed E-state index contributed by atoms with van der Waals surface area (Å²) in [6.45, 7) is 0. The SMILES string of the molecule is COc1cc(O)c(Cl)cc1S(=O)(=O)O. The van der Waals surface area contributed by atoms with E-state index in [1.54, 1.807) is 0 Å². The zero-order valence-electron chi connectivity index (χ0n) is 7.06. The van der Waals surface area contributed by atoms with Gasteiger partial charge in [0.2, 0.25) is 0 Å². The number of benzene rings is 1. The molecule has 0 saturated carbocycles. The second-order valence-corrected chi connectivity index (χ2v) is 4.23. The molecule has 0 aliphatic heterocycles. The van der Waals surface area contributed by atoms with E-state index in [4.69, 9.17) is 21.3 Å². The molecule has 2 N–H and O–H groups in total.